The minimum Gasteiger partial charge on any atom is -0.496 e. The highest BCUT2D eigenvalue weighted by Gasteiger charge is 2.21. The van der Waals surface area contributed by atoms with Gasteiger partial charge in [0.2, 0.25) is 0 Å². The van der Waals surface area contributed by atoms with Crippen LogP contribution in [0.25, 0.3) is 10.8 Å². The average molecular weight is 259 g/mol. The van der Waals surface area contributed by atoms with E-state index in [1.807, 2.05) is 43.3 Å². The van der Waals surface area contributed by atoms with Crippen LogP contribution in [0.1, 0.15) is 18.5 Å². The fourth-order valence-electron chi connectivity index (χ4n) is 2.26. The number of likely N-dealkylation sites (N-methyl/N-ethyl adjacent to an activating group) is 1. The van der Waals surface area contributed by atoms with Gasteiger partial charge in [-0.15, -0.1) is 0 Å². The Kier molecular flexibility index (Phi) is 4.02. The third-order valence-corrected chi connectivity index (χ3v) is 3.10. The third-order valence-electron chi connectivity index (χ3n) is 3.10. The molecule has 0 amide bonds. The van der Waals surface area contributed by atoms with Gasteiger partial charge in [0, 0.05) is 5.39 Å². The fraction of sp³-hybridized carbons (Fsp3) is 0.267. The summed E-state index contributed by atoms with van der Waals surface area (Å²) in [4.78, 5) is 11.4. The fourth-order valence-corrected chi connectivity index (χ4v) is 2.26. The van der Waals surface area contributed by atoms with Crippen molar-refractivity contribution >= 4 is 16.7 Å². The summed E-state index contributed by atoms with van der Waals surface area (Å²) in [6.45, 7) is 2.49. The summed E-state index contributed by atoms with van der Waals surface area (Å²) in [6.07, 6.45) is 0. The van der Waals surface area contributed by atoms with Gasteiger partial charge >= 0.3 is 5.97 Å². The minimum absolute atomic E-state index is 0.595. The van der Waals surface area contributed by atoms with Gasteiger partial charge in [-0.3, -0.25) is 4.79 Å². The van der Waals surface area contributed by atoms with E-state index in [1.165, 1.54) is 0 Å². The molecule has 0 bridgehead atoms. The van der Waals surface area contributed by atoms with E-state index in [2.05, 4.69) is 5.32 Å². The summed E-state index contributed by atoms with van der Waals surface area (Å²) >= 11 is 0. The summed E-state index contributed by atoms with van der Waals surface area (Å²) in [5, 5.41) is 14.2. The first-order valence-corrected chi connectivity index (χ1v) is 6.20. The molecule has 2 aromatic carbocycles. The Hall–Kier alpha value is -2.07. The lowest BCUT2D eigenvalue weighted by atomic mass is 9.98. The van der Waals surface area contributed by atoms with Gasteiger partial charge in [0.05, 0.1) is 7.11 Å². The van der Waals surface area contributed by atoms with Crippen molar-refractivity contribution in [2.75, 3.05) is 13.7 Å². The largest absolute Gasteiger partial charge is 0.496 e. The molecule has 0 spiro atoms. The monoisotopic (exact) mass is 259 g/mol. The number of ether oxygens (including phenoxy) is 1. The maximum Gasteiger partial charge on any atom is 0.325 e. The van der Waals surface area contributed by atoms with Gasteiger partial charge in [0.15, 0.2) is 0 Å². The van der Waals surface area contributed by atoms with E-state index < -0.39 is 12.0 Å². The van der Waals surface area contributed by atoms with Crippen molar-refractivity contribution in [3.8, 4) is 5.75 Å². The lowest BCUT2D eigenvalue weighted by Crippen LogP contribution is -2.28. The summed E-state index contributed by atoms with van der Waals surface area (Å²) in [5.41, 5.74) is 0.755. The summed E-state index contributed by atoms with van der Waals surface area (Å²) in [6, 6.07) is 10.6. The van der Waals surface area contributed by atoms with E-state index in [9.17, 15) is 9.90 Å². The van der Waals surface area contributed by atoms with Crippen LogP contribution in [0.4, 0.5) is 0 Å². The SMILES string of the molecule is CCNC(C(=O)O)c1ccc(OC)c2ccccc12. The number of benzene rings is 2. The zero-order chi connectivity index (χ0) is 13.8. The molecule has 19 heavy (non-hydrogen) atoms. The molecule has 0 aliphatic carbocycles. The highest BCUT2D eigenvalue weighted by atomic mass is 16.5. The molecule has 0 aromatic heterocycles. The Balaban J connectivity index is 2.63. The average Bonchev–Trinajstić information content (AvgIpc) is 2.43. The molecule has 4 heteroatoms. The predicted octanol–water partition coefficient (Wildman–Crippen LogP) is 2.58. The van der Waals surface area contributed by atoms with Crippen molar-refractivity contribution in [3.05, 3.63) is 42.0 Å². The molecule has 1 atom stereocenters. The highest BCUT2D eigenvalue weighted by molar-refractivity contribution is 5.94. The van der Waals surface area contributed by atoms with Gasteiger partial charge in [0.1, 0.15) is 11.8 Å². The second-order valence-corrected chi connectivity index (χ2v) is 4.23. The number of rotatable bonds is 5. The molecule has 0 heterocycles. The lowest BCUT2D eigenvalue weighted by Gasteiger charge is -2.17. The molecule has 0 saturated heterocycles. The Morgan fingerprint density at radius 3 is 2.53 bits per heavy atom. The Morgan fingerprint density at radius 1 is 1.26 bits per heavy atom. The van der Waals surface area contributed by atoms with Crippen LogP contribution in [0, 0.1) is 0 Å². The standard InChI is InChI=1S/C15H17NO3/c1-3-16-14(15(17)18)12-8-9-13(19-2)11-7-5-4-6-10(11)12/h4-9,14,16H,3H2,1-2H3,(H,17,18). The first-order valence-electron chi connectivity index (χ1n) is 6.20. The molecule has 0 radical (unpaired) electrons. The molecule has 4 nitrogen and oxygen atoms in total. The molecule has 0 saturated carbocycles. The first-order chi connectivity index (χ1) is 9.19. The second-order valence-electron chi connectivity index (χ2n) is 4.23. The number of methoxy groups -OCH3 is 1. The number of carboxylic acids is 1. The molecular weight excluding hydrogens is 242 g/mol. The van der Waals surface area contributed by atoms with Crippen LogP contribution < -0.4 is 10.1 Å². The van der Waals surface area contributed by atoms with Crippen molar-refractivity contribution in [1.82, 2.24) is 5.32 Å². The van der Waals surface area contributed by atoms with Crippen LogP contribution in [0.5, 0.6) is 5.75 Å². The molecule has 1 unspecified atom stereocenters. The van der Waals surface area contributed by atoms with Gasteiger partial charge in [-0.2, -0.15) is 0 Å². The molecule has 2 aromatic rings. The number of hydrogen-bond donors (Lipinski definition) is 2. The van der Waals surface area contributed by atoms with Crippen LogP contribution >= 0.6 is 0 Å². The molecule has 100 valence electrons. The minimum atomic E-state index is -0.878. The normalized spacial score (nSPS) is 12.3. The Bertz CT molecular complexity index is 595. The van der Waals surface area contributed by atoms with Crippen molar-refractivity contribution in [2.24, 2.45) is 0 Å². The van der Waals surface area contributed by atoms with Crippen molar-refractivity contribution in [3.63, 3.8) is 0 Å². The van der Waals surface area contributed by atoms with E-state index >= 15 is 0 Å². The summed E-state index contributed by atoms with van der Waals surface area (Å²) < 4.78 is 5.31. The van der Waals surface area contributed by atoms with Crippen molar-refractivity contribution < 1.29 is 14.6 Å². The number of fused-ring (bicyclic) bond motifs is 1. The Labute approximate surface area is 112 Å². The van der Waals surface area contributed by atoms with Crippen molar-refractivity contribution in [1.29, 1.82) is 0 Å². The van der Waals surface area contributed by atoms with Crippen molar-refractivity contribution in [2.45, 2.75) is 13.0 Å². The van der Waals surface area contributed by atoms with Gasteiger partial charge in [-0.1, -0.05) is 37.3 Å². The van der Waals surface area contributed by atoms with E-state index in [-0.39, 0.29) is 0 Å². The zero-order valence-corrected chi connectivity index (χ0v) is 11.0. The van der Waals surface area contributed by atoms with E-state index in [4.69, 9.17) is 4.74 Å². The Morgan fingerprint density at radius 2 is 1.95 bits per heavy atom. The maximum atomic E-state index is 11.4. The number of aliphatic carboxylic acids is 1. The zero-order valence-electron chi connectivity index (χ0n) is 11.0. The third kappa shape index (κ3) is 2.53. The number of hydrogen-bond acceptors (Lipinski definition) is 3. The van der Waals surface area contributed by atoms with Crippen LogP contribution in [0.3, 0.4) is 0 Å². The second kappa shape index (κ2) is 5.71. The van der Waals surface area contributed by atoms with Gasteiger partial charge < -0.3 is 15.2 Å². The van der Waals surface area contributed by atoms with Gasteiger partial charge in [-0.25, -0.2) is 0 Å². The summed E-state index contributed by atoms with van der Waals surface area (Å²) in [5.74, 6) is -0.128. The topological polar surface area (TPSA) is 58.6 Å². The van der Waals surface area contributed by atoms with Crippen LogP contribution in [-0.2, 0) is 4.79 Å². The molecule has 0 aliphatic rings. The van der Waals surface area contributed by atoms with Crippen LogP contribution in [-0.4, -0.2) is 24.7 Å². The first kappa shape index (κ1) is 13.4. The lowest BCUT2D eigenvalue weighted by molar-refractivity contribution is -0.139. The predicted molar refractivity (Wildman–Crippen MR) is 74.6 cm³/mol. The van der Waals surface area contributed by atoms with E-state index in [0.29, 0.717) is 6.54 Å². The molecule has 0 aliphatic heterocycles. The van der Waals surface area contributed by atoms with Crippen LogP contribution in [0.15, 0.2) is 36.4 Å². The quantitative estimate of drug-likeness (QED) is 0.866. The molecular formula is C15H17NO3. The van der Waals surface area contributed by atoms with Crippen LogP contribution in [0.2, 0.25) is 0 Å². The number of nitrogens with one attached hydrogen (secondary N) is 1. The summed E-state index contributed by atoms with van der Waals surface area (Å²) in [7, 11) is 1.61. The van der Waals surface area contributed by atoms with E-state index in [1.54, 1.807) is 7.11 Å². The van der Waals surface area contributed by atoms with E-state index in [0.717, 1.165) is 22.1 Å². The highest BCUT2D eigenvalue weighted by Crippen LogP contribution is 2.31. The molecule has 0 fully saturated rings. The van der Waals surface area contributed by atoms with Gasteiger partial charge in [0.25, 0.3) is 0 Å². The number of carboxylic acid groups (broad SMARTS) is 1. The smallest absolute Gasteiger partial charge is 0.325 e. The van der Waals surface area contributed by atoms with Gasteiger partial charge in [-0.05, 0) is 23.6 Å². The maximum absolute atomic E-state index is 11.4. The molecule has 2 N–H and O–H groups in total. The molecule has 2 rings (SSSR count). The number of carbonyl (C=O) groups is 1.